The first kappa shape index (κ1) is 20.2. The molecule has 3 heterocycles. The van der Waals surface area contributed by atoms with Crippen molar-refractivity contribution < 1.29 is 4.74 Å². The van der Waals surface area contributed by atoms with Crippen molar-refractivity contribution in [2.45, 2.75) is 46.2 Å². The molecule has 1 aliphatic heterocycles. The van der Waals surface area contributed by atoms with Gasteiger partial charge in [-0.3, -0.25) is 14.9 Å². The zero-order valence-electron chi connectivity index (χ0n) is 18.0. The Kier molecular flexibility index (Phi) is 5.90. The van der Waals surface area contributed by atoms with Crippen LogP contribution < -0.4 is 10.1 Å². The first-order valence-corrected chi connectivity index (χ1v) is 10.3. The average molecular weight is 405 g/mol. The zero-order chi connectivity index (χ0) is 21.1. The molecule has 7 nitrogen and oxygen atoms in total. The van der Waals surface area contributed by atoms with Crippen LogP contribution in [0, 0.1) is 20.8 Å². The fraction of sp³-hybridized carbons (Fsp3) is 0.391. The molecule has 0 amide bonds. The highest BCUT2D eigenvalue weighted by Crippen LogP contribution is 2.35. The highest BCUT2D eigenvalue weighted by molar-refractivity contribution is 5.49. The van der Waals surface area contributed by atoms with Crippen molar-refractivity contribution in [1.82, 2.24) is 24.8 Å². The molecule has 156 valence electrons. The number of benzene rings is 1. The molecule has 1 aliphatic rings. The second kappa shape index (κ2) is 8.75. The van der Waals surface area contributed by atoms with Gasteiger partial charge in [0.2, 0.25) is 0 Å². The minimum absolute atomic E-state index is 0.252. The second-order valence-corrected chi connectivity index (χ2v) is 7.80. The number of hydrogen-bond donors (Lipinski definition) is 1. The van der Waals surface area contributed by atoms with E-state index in [1.807, 2.05) is 6.20 Å². The van der Waals surface area contributed by atoms with Crippen molar-refractivity contribution in [3.63, 3.8) is 0 Å². The molecule has 0 saturated carbocycles. The molecule has 3 aromatic rings. The molecular weight excluding hydrogens is 376 g/mol. The van der Waals surface area contributed by atoms with E-state index in [2.05, 4.69) is 52.0 Å². The van der Waals surface area contributed by atoms with Crippen LogP contribution in [0.25, 0.3) is 0 Å². The second-order valence-electron chi connectivity index (χ2n) is 7.80. The van der Waals surface area contributed by atoms with Crippen molar-refractivity contribution >= 4 is 11.6 Å². The lowest BCUT2D eigenvalue weighted by atomic mass is 9.96. The van der Waals surface area contributed by atoms with Crippen molar-refractivity contribution in [2.75, 3.05) is 19.0 Å². The maximum atomic E-state index is 5.54. The lowest BCUT2D eigenvalue weighted by molar-refractivity contribution is 0.243. The van der Waals surface area contributed by atoms with Crippen LogP contribution in [0.1, 0.15) is 46.8 Å². The SMILES string of the molecule is COc1cc(C)c(CN2CCC[C@H]2c2cncc(Nc3cnccn3)n2)c(C)c1C. The third-order valence-corrected chi connectivity index (χ3v) is 5.97. The van der Waals surface area contributed by atoms with E-state index in [1.54, 1.807) is 31.9 Å². The van der Waals surface area contributed by atoms with E-state index in [0.29, 0.717) is 11.6 Å². The molecule has 1 N–H and O–H groups in total. The number of hydrogen-bond acceptors (Lipinski definition) is 7. The fourth-order valence-electron chi connectivity index (χ4n) is 4.20. The summed E-state index contributed by atoms with van der Waals surface area (Å²) in [6.07, 6.45) is 10.8. The third kappa shape index (κ3) is 4.11. The molecule has 4 rings (SSSR count). The molecule has 0 aliphatic carbocycles. The summed E-state index contributed by atoms with van der Waals surface area (Å²) in [7, 11) is 1.73. The predicted octanol–water partition coefficient (Wildman–Crippen LogP) is 4.28. The fourth-order valence-corrected chi connectivity index (χ4v) is 4.20. The molecule has 1 saturated heterocycles. The van der Waals surface area contributed by atoms with Gasteiger partial charge in [0.25, 0.3) is 0 Å². The molecule has 0 spiro atoms. The molecule has 30 heavy (non-hydrogen) atoms. The number of methoxy groups -OCH3 is 1. The topological polar surface area (TPSA) is 76.1 Å². The van der Waals surface area contributed by atoms with Crippen molar-refractivity contribution in [3.05, 3.63) is 65.0 Å². The number of nitrogens with one attached hydrogen (secondary N) is 1. The first-order chi connectivity index (χ1) is 14.6. The maximum Gasteiger partial charge on any atom is 0.150 e. The van der Waals surface area contributed by atoms with Gasteiger partial charge in [-0.15, -0.1) is 0 Å². The van der Waals surface area contributed by atoms with Crippen LogP contribution in [0.3, 0.4) is 0 Å². The van der Waals surface area contributed by atoms with Gasteiger partial charge in [-0.25, -0.2) is 9.97 Å². The molecule has 0 unspecified atom stereocenters. The van der Waals surface area contributed by atoms with Crippen LogP contribution in [0.5, 0.6) is 5.75 Å². The predicted molar refractivity (Wildman–Crippen MR) is 117 cm³/mol. The number of aryl methyl sites for hydroxylation is 1. The van der Waals surface area contributed by atoms with Crippen LogP contribution in [0.15, 0.2) is 37.1 Å². The van der Waals surface area contributed by atoms with Crippen molar-refractivity contribution in [1.29, 1.82) is 0 Å². The molecular formula is C23H28N6O. The van der Waals surface area contributed by atoms with E-state index in [0.717, 1.165) is 37.4 Å². The summed E-state index contributed by atoms with van der Waals surface area (Å²) in [6.45, 7) is 8.44. The summed E-state index contributed by atoms with van der Waals surface area (Å²) in [5.74, 6) is 2.31. The van der Waals surface area contributed by atoms with Crippen LogP contribution in [-0.2, 0) is 6.54 Å². The largest absolute Gasteiger partial charge is 0.496 e. The number of likely N-dealkylation sites (tertiary alicyclic amines) is 1. The van der Waals surface area contributed by atoms with Crippen LogP contribution in [0.4, 0.5) is 11.6 Å². The third-order valence-electron chi connectivity index (χ3n) is 5.97. The minimum Gasteiger partial charge on any atom is -0.496 e. The molecule has 1 fully saturated rings. The number of anilines is 2. The van der Waals surface area contributed by atoms with Gasteiger partial charge in [0.1, 0.15) is 17.4 Å². The Hall–Kier alpha value is -3.06. The summed E-state index contributed by atoms with van der Waals surface area (Å²) in [4.78, 5) is 20.1. The highest BCUT2D eigenvalue weighted by atomic mass is 16.5. The van der Waals surface area contributed by atoms with Gasteiger partial charge in [0.05, 0.1) is 37.4 Å². The summed E-state index contributed by atoms with van der Waals surface area (Å²) in [5, 5.41) is 3.19. The quantitative estimate of drug-likeness (QED) is 0.657. The van der Waals surface area contributed by atoms with Gasteiger partial charge < -0.3 is 10.1 Å². The lowest BCUT2D eigenvalue weighted by Gasteiger charge is -2.26. The normalized spacial score (nSPS) is 16.6. The average Bonchev–Trinajstić information content (AvgIpc) is 3.23. The van der Waals surface area contributed by atoms with Crippen LogP contribution in [-0.4, -0.2) is 38.5 Å². The lowest BCUT2D eigenvalue weighted by Crippen LogP contribution is -2.25. The van der Waals surface area contributed by atoms with Crippen LogP contribution in [0.2, 0.25) is 0 Å². The zero-order valence-corrected chi connectivity index (χ0v) is 18.0. The molecule has 2 aromatic heterocycles. The van der Waals surface area contributed by atoms with Gasteiger partial charge in [0.15, 0.2) is 0 Å². The Balaban J connectivity index is 1.56. The van der Waals surface area contributed by atoms with Crippen LogP contribution >= 0.6 is 0 Å². The summed E-state index contributed by atoms with van der Waals surface area (Å²) in [5.41, 5.74) is 6.15. The highest BCUT2D eigenvalue weighted by Gasteiger charge is 2.28. The van der Waals surface area contributed by atoms with Gasteiger partial charge in [-0.2, -0.15) is 0 Å². The Morgan fingerprint density at radius 2 is 1.90 bits per heavy atom. The smallest absolute Gasteiger partial charge is 0.150 e. The molecule has 0 bridgehead atoms. The van der Waals surface area contributed by atoms with E-state index in [9.17, 15) is 0 Å². The summed E-state index contributed by atoms with van der Waals surface area (Å²) >= 11 is 0. The first-order valence-electron chi connectivity index (χ1n) is 10.3. The Labute approximate surface area is 177 Å². The number of nitrogens with zero attached hydrogens (tertiary/aromatic N) is 5. The molecule has 1 aromatic carbocycles. The van der Waals surface area contributed by atoms with Gasteiger partial charge in [0, 0.05) is 18.9 Å². The number of ether oxygens (including phenoxy) is 1. The van der Waals surface area contributed by atoms with Gasteiger partial charge in [-0.1, -0.05) is 0 Å². The Morgan fingerprint density at radius 3 is 2.67 bits per heavy atom. The Morgan fingerprint density at radius 1 is 1.07 bits per heavy atom. The van der Waals surface area contributed by atoms with Crippen molar-refractivity contribution in [2.24, 2.45) is 0 Å². The van der Waals surface area contributed by atoms with E-state index in [1.165, 1.54) is 22.3 Å². The van der Waals surface area contributed by atoms with E-state index in [4.69, 9.17) is 9.72 Å². The van der Waals surface area contributed by atoms with Gasteiger partial charge >= 0.3 is 0 Å². The van der Waals surface area contributed by atoms with E-state index >= 15 is 0 Å². The Bertz CT molecular complexity index is 1020. The van der Waals surface area contributed by atoms with E-state index in [-0.39, 0.29) is 6.04 Å². The summed E-state index contributed by atoms with van der Waals surface area (Å²) in [6, 6.07) is 2.40. The monoisotopic (exact) mass is 404 g/mol. The standard InChI is InChI=1S/C23H28N6O/c1-15-10-21(30-4)17(3)16(2)18(15)14-29-9-5-6-20(29)19-11-25-13-23(27-19)28-22-12-24-7-8-26-22/h7-8,10-13,20H,5-6,9,14H2,1-4H3,(H,26,27,28)/t20-/m0/s1. The van der Waals surface area contributed by atoms with E-state index < -0.39 is 0 Å². The van der Waals surface area contributed by atoms with Gasteiger partial charge in [-0.05, 0) is 68.5 Å². The maximum absolute atomic E-state index is 5.54. The van der Waals surface area contributed by atoms with Crippen molar-refractivity contribution in [3.8, 4) is 5.75 Å². The number of aromatic nitrogens is 4. The molecule has 0 radical (unpaired) electrons. The number of rotatable bonds is 6. The molecule has 1 atom stereocenters. The summed E-state index contributed by atoms with van der Waals surface area (Å²) < 4.78 is 5.54. The minimum atomic E-state index is 0.252. The molecule has 7 heteroatoms.